The lowest BCUT2D eigenvalue weighted by Gasteiger charge is -2.29. The Morgan fingerprint density at radius 1 is 1.06 bits per heavy atom. The van der Waals surface area contributed by atoms with Crippen molar-refractivity contribution in [3.8, 4) is 11.5 Å². The van der Waals surface area contributed by atoms with Crippen LogP contribution in [-0.2, 0) is 16.1 Å². The molecule has 0 saturated heterocycles. The standard InChI is InChI=1S/C23H28Cl2N2O4/c1-15(2)12-26-23(29)16(3)27(13-17-9-10-18(24)11-19(17)25)22(28)14-31-21-8-6-5-7-20(21)30-4/h5-11,15-16H,12-14H2,1-4H3,(H,26,29)/t16-/m0/s1. The van der Waals surface area contributed by atoms with E-state index in [2.05, 4.69) is 5.32 Å². The van der Waals surface area contributed by atoms with Crippen molar-refractivity contribution in [2.45, 2.75) is 33.4 Å². The average Bonchev–Trinajstić information content (AvgIpc) is 2.75. The van der Waals surface area contributed by atoms with Gasteiger partial charge in [0.25, 0.3) is 5.91 Å². The van der Waals surface area contributed by atoms with Gasteiger partial charge in [-0.15, -0.1) is 0 Å². The third kappa shape index (κ3) is 7.33. The second-order valence-electron chi connectivity index (χ2n) is 7.51. The van der Waals surface area contributed by atoms with Gasteiger partial charge in [0.15, 0.2) is 18.1 Å². The molecule has 0 aromatic heterocycles. The van der Waals surface area contributed by atoms with E-state index in [-0.39, 0.29) is 25.0 Å². The first-order chi connectivity index (χ1) is 14.7. The van der Waals surface area contributed by atoms with Gasteiger partial charge in [-0.1, -0.05) is 55.2 Å². The van der Waals surface area contributed by atoms with E-state index >= 15 is 0 Å². The Morgan fingerprint density at radius 2 is 1.74 bits per heavy atom. The molecule has 1 atom stereocenters. The van der Waals surface area contributed by atoms with Gasteiger partial charge in [-0.3, -0.25) is 9.59 Å². The van der Waals surface area contributed by atoms with Crippen molar-refractivity contribution in [1.82, 2.24) is 10.2 Å². The summed E-state index contributed by atoms with van der Waals surface area (Å²) < 4.78 is 10.9. The predicted molar refractivity (Wildman–Crippen MR) is 123 cm³/mol. The molecule has 8 heteroatoms. The second kappa shape index (κ2) is 11.8. The average molecular weight is 467 g/mol. The Kier molecular flexibility index (Phi) is 9.46. The molecule has 0 fully saturated rings. The summed E-state index contributed by atoms with van der Waals surface area (Å²) in [7, 11) is 1.53. The van der Waals surface area contributed by atoms with Crippen LogP contribution in [0.25, 0.3) is 0 Å². The zero-order valence-electron chi connectivity index (χ0n) is 18.2. The molecule has 0 unspecified atom stereocenters. The van der Waals surface area contributed by atoms with Gasteiger partial charge in [0.05, 0.1) is 7.11 Å². The number of carbonyl (C=O) groups is 2. The number of hydrogen-bond acceptors (Lipinski definition) is 4. The summed E-state index contributed by atoms with van der Waals surface area (Å²) in [5.74, 6) is 0.651. The Hall–Kier alpha value is -2.44. The molecule has 0 bridgehead atoms. The van der Waals surface area contributed by atoms with Crippen LogP contribution in [0.2, 0.25) is 10.0 Å². The first-order valence-corrected chi connectivity index (χ1v) is 10.8. The molecule has 1 N–H and O–H groups in total. The minimum absolute atomic E-state index is 0.139. The van der Waals surface area contributed by atoms with Crippen molar-refractivity contribution in [3.63, 3.8) is 0 Å². The molecule has 31 heavy (non-hydrogen) atoms. The molecule has 6 nitrogen and oxygen atoms in total. The van der Waals surface area contributed by atoms with Gasteiger partial charge in [-0.05, 0) is 42.7 Å². The van der Waals surface area contributed by atoms with Gasteiger partial charge in [0.1, 0.15) is 6.04 Å². The molecule has 2 aromatic rings. The first-order valence-electron chi connectivity index (χ1n) is 9.99. The van der Waals surface area contributed by atoms with Crippen molar-refractivity contribution in [2.24, 2.45) is 5.92 Å². The van der Waals surface area contributed by atoms with Gasteiger partial charge < -0.3 is 19.7 Å². The van der Waals surface area contributed by atoms with E-state index in [1.807, 2.05) is 19.9 Å². The predicted octanol–water partition coefficient (Wildman–Crippen LogP) is 4.57. The normalized spacial score (nSPS) is 11.7. The van der Waals surface area contributed by atoms with E-state index in [4.69, 9.17) is 32.7 Å². The van der Waals surface area contributed by atoms with Crippen LogP contribution in [0.15, 0.2) is 42.5 Å². The Bertz CT molecular complexity index is 905. The highest BCUT2D eigenvalue weighted by Crippen LogP contribution is 2.26. The molecule has 0 saturated carbocycles. The SMILES string of the molecule is COc1ccccc1OCC(=O)N(Cc1ccc(Cl)cc1Cl)[C@@H](C)C(=O)NCC(C)C. The van der Waals surface area contributed by atoms with Crippen LogP contribution in [-0.4, -0.2) is 43.0 Å². The number of halogens is 2. The summed E-state index contributed by atoms with van der Waals surface area (Å²) in [5.41, 5.74) is 0.681. The highest BCUT2D eigenvalue weighted by atomic mass is 35.5. The summed E-state index contributed by atoms with van der Waals surface area (Å²) in [5, 5.41) is 3.79. The van der Waals surface area contributed by atoms with E-state index in [0.29, 0.717) is 39.6 Å². The molecule has 0 aliphatic heterocycles. The van der Waals surface area contributed by atoms with Crippen LogP contribution >= 0.6 is 23.2 Å². The van der Waals surface area contributed by atoms with E-state index in [9.17, 15) is 9.59 Å². The molecule has 0 aliphatic rings. The number of carbonyl (C=O) groups excluding carboxylic acids is 2. The summed E-state index contributed by atoms with van der Waals surface area (Å²) in [6.07, 6.45) is 0. The number of ether oxygens (including phenoxy) is 2. The zero-order valence-corrected chi connectivity index (χ0v) is 19.7. The largest absolute Gasteiger partial charge is 0.493 e. The van der Waals surface area contributed by atoms with Crippen molar-refractivity contribution < 1.29 is 19.1 Å². The number of nitrogens with one attached hydrogen (secondary N) is 1. The third-order valence-corrected chi connectivity index (χ3v) is 5.21. The van der Waals surface area contributed by atoms with E-state index in [1.54, 1.807) is 43.3 Å². The summed E-state index contributed by atoms with van der Waals surface area (Å²) in [6, 6.07) is 11.4. The number of amides is 2. The first kappa shape index (κ1) is 24.8. The number of methoxy groups -OCH3 is 1. The van der Waals surface area contributed by atoms with E-state index < -0.39 is 6.04 Å². The van der Waals surface area contributed by atoms with Gasteiger partial charge in [-0.25, -0.2) is 0 Å². The number of nitrogens with zero attached hydrogens (tertiary/aromatic N) is 1. The smallest absolute Gasteiger partial charge is 0.261 e. The molecular formula is C23H28Cl2N2O4. The maximum Gasteiger partial charge on any atom is 0.261 e. The molecule has 2 amide bonds. The van der Waals surface area contributed by atoms with Gasteiger partial charge in [-0.2, -0.15) is 0 Å². The minimum atomic E-state index is -0.723. The van der Waals surface area contributed by atoms with Crippen LogP contribution in [0.5, 0.6) is 11.5 Å². The van der Waals surface area contributed by atoms with Crippen LogP contribution in [0, 0.1) is 5.92 Å². The molecule has 168 valence electrons. The number of rotatable bonds is 10. The van der Waals surface area contributed by atoms with Gasteiger partial charge in [0, 0.05) is 23.1 Å². The summed E-state index contributed by atoms with van der Waals surface area (Å²) in [6.45, 7) is 6.09. The summed E-state index contributed by atoms with van der Waals surface area (Å²) >= 11 is 12.3. The number of benzene rings is 2. The topological polar surface area (TPSA) is 67.9 Å². The molecule has 0 heterocycles. The van der Waals surface area contributed by atoms with Crippen molar-refractivity contribution in [3.05, 3.63) is 58.1 Å². The van der Waals surface area contributed by atoms with Crippen LogP contribution in [0.3, 0.4) is 0 Å². The molecule has 0 aliphatic carbocycles. The van der Waals surface area contributed by atoms with E-state index in [0.717, 1.165) is 0 Å². The third-order valence-electron chi connectivity index (χ3n) is 4.63. The fourth-order valence-corrected chi connectivity index (χ4v) is 3.30. The molecule has 0 radical (unpaired) electrons. The Balaban J connectivity index is 2.20. The Morgan fingerprint density at radius 3 is 2.35 bits per heavy atom. The minimum Gasteiger partial charge on any atom is -0.493 e. The van der Waals surface area contributed by atoms with Gasteiger partial charge in [0.2, 0.25) is 5.91 Å². The highest BCUT2D eigenvalue weighted by Gasteiger charge is 2.27. The maximum absolute atomic E-state index is 13.1. The Labute approximate surface area is 193 Å². The van der Waals surface area contributed by atoms with Crippen LogP contribution in [0.4, 0.5) is 0 Å². The number of hydrogen-bond donors (Lipinski definition) is 1. The summed E-state index contributed by atoms with van der Waals surface area (Å²) in [4.78, 5) is 27.2. The maximum atomic E-state index is 13.1. The van der Waals surface area contributed by atoms with Crippen molar-refractivity contribution in [2.75, 3.05) is 20.3 Å². The lowest BCUT2D eigenvalue weighted by molar-refractivity contribution is -0.142. The zero-order chi connectivity index (χ0) is 23.0. The van der Waals surface area contributed by atoms with Gasteiger partial charge >= 0.3 is 0 Å². The monoisotopic (exact) mass is 466 g/mol. The van der Waals surface area contributed by atoms with E-state index in [1.165, 1.54) is 12.0 Å². The molecule has 0 spiro atoms. The fraction of sp³-hybridized carbons (Fsp3) is 0.391. The lowest BCUT2D eigenvalue weighted by Crippen LogP contribution is -2.49. The molecule has 2 rings (SSSR count). The van der Waals surface area contributed by atoms with Crippen LogP contribution < -0.4 is 14.8 Å². The fourth-order valence-electron chi connectivity index (χ4n) is 2.83. The second-order valence-corrected chi connectivity index (χ2v) is 8.36. The van der Waals surface area contributed by atoms with Crippen LogP contribution in [0.1, 0.15) is 26.3 Å². The molecular weight excluding hydrogens is 439 g/mol. The number of para-hydroxylation sites is 2. The van der Waals surface area contributed by atoms with Crippen molar-refractivity contribution >= 4 is 35.0 Å². The highest BCUT2D eigenvalue weighted by molar-refractivity contribution is 6.35. The van der Waals surface area contributed by atoms with Crippen molar-refractivity contribution in [1.29, 1.82) is 0 Å². The molecule has 2 aromatic carbocycles. The lowest BCUT2D eigenvalue weighted by atomic mass is 10.1. The quantitative estimate of drug-likeness (QED) is 0.556.